The van der Waals surface area contributed by atoms with E-state index in [1.807, 2.05) is 20.8 Å². The van der Waals surface area contributed by atoms with Crippen LogP contribution in [-0.2, 0) is 32.7 Å². The van der Waals surface area contributed by atoms with Gasteiger partial charge in [0, 0.05) is 32.7 Å². The largest absolute Gasteiger partial charge is 0.379 e. The Balaban J connectivity index is -0.0000000462. The fourth-order valence-corrected chi connectivity index (χ4v) is 0.295. The summed E-state index contributed by atoms with van der Waals surface area (Å²) in [7, 11) is 0. The molecule has 0 amide bonds. The third-order valence-electron chi connectivity index (χ3n) is 0.500. The van der Waals surface area contributed by atoms with Gasteiger partial charge < -0.3 is 5.11 Å². The normalized spacial score (nSPS) is 9.25. The topological polar surface area (TPSA) is 32.3 Å². The van der Waals surface area contributed by atoms with Crippen molar-refractivity contribution in [2.45, 2.75) is 54.2 Å². The molecule has 3 heteroatoms. The summed E-state index contributed by atoms with van der Waals surface area (Å²) >= 11 is 0. The van der Waals surface area contributed by atoms with E-state index in [-0.39, 0.29) is 38.9 Å². The SMILES string of the molecule is CC.CCC.CCN[C@@H](C)O.[Y]. The molecule has 0 fully saturated rings. The van der Waals surface area contributed by atoms with E-state index in [1.165, 1.54) is 6.42 Å². The number of rotatable bonds is 2. The number of hydrogen-bond acceptors (Lipinski definition) is 2. The summed E-state index contributed by atoms with van der Waals surface area (Å²) < 4.78 is 0. The second-order valence-electron chi connectivity index (χ2n) is 1.94. The van der Waals surface area contributed by atoms with Crippen molar-refractivity contribution < 1.29 is 37.8 Å². The third-order valence-corrected chi connectivity index (χ3v) is 0.500. The van der Waals surface area contributed by atoms with Crippen molar-refractivity contribution in [2.75, 3.05) is 6.54 Å². The Kier molecular flexibility index (Phi) is 57.1. The van der Waals surface area contributed by atoms with Gasteiger partial charge in [-0.25, -0.2) is 0 Å². The summed E-state index contributed by atoms with van der Waals surface area (Å²) in [6.07, 6.45) is 0.898. The second-order valence-corrected chi connectivity index (χ2v) is 1.94. The van der Waals surface area contributed by atoms with Crippen molar-refractivity contribution >= 4 is 0 Å². The molecule has 0 aromatic rings. The molecule has 0 saturated heterocycles. The summed E-state index contributed by atoms with van der Waals surface area (Å²) in [4.78, 5) is 0. The predicted octanol–water partition coefficient (Wildman–Crippen LogP) is 2.37. The van der Waals surface area contributed by atoms with Gasteiger partial charge in [0.05, 0.1) is 0 Å². The number of hydrogen-bond donors (Lipinski definition) is 2. The summed E-state index contributed by atoms with van der Waals surface area (Å²) in [5, 5.41) is 11.2. The molecule has 12 heavy (non-hydrogen) atoms. The molecule has 2 nitrogen and oxygen atoms in total. The minimum atomic E-state index is -0.352. The molecular weight excluding hydrogens is 227 g/mol. The molecule has 0 unspecified atom stereocenters. The molecule has 0 bridgehead atoms. The maximum atomic E-state index is 8.44. The molecule has 75 valence electrons. The monoisotopic (exact) mass is 252 g/mol. The molecule has 0 aromatic carbocycles. The zero-order valence-electron chi connectivity index (χ0n) is 9.52. The number of nitrogens with one attached hydrogen (secondary N) is 1. The zero-order chi connectivity index (χ0) is 9.70. The minimum absolute atomic E-state index is 0. The average Bonchev–Trinajstić information content (AvgIpc) is 1.93. The van der Waals surface area contributed by atoms with Gasteiger partial charge in [-0.2, -0.15) is 0 Å². The van der Waals surface area contributed by atoms with E-state index >= 15 is 0 Å². The van der Waals surface area contributed by atoms with Crippen LogP contribution in [0.4, 0.5) is 0 Å². The van der Waals surface area contributed by atoms with Crippen LogP contribution < -0.4 is 5.32 Å². The molecule has 0 aliphatic heterocycles. The molecule has 0 aromatic heterocycles. The fourth-order valence-electron chi connectivity index (χ4n) is 0.295. The van der Waals surface area contributed by atoms with E-state index in [9.17, 15) is 0 Å². The van der Waals surface area contributed by atoms with Crippen LogP contribution in [0.3, 0.4) is 0 Å². The van der Waals surface area contributed by atoms with Gasteiger partial charge in [0.2, 0.25) is 0 Å². The Morgan fingerprint density at radius 3 is 1.42 bits per heavy atom. The molecule has 1 radical (unpaired) electrons. The molecule has 0 heterocycles. The summed E-state index contributed by atoms with van der Waals surface area (Å²) in [5.41, 5.74) is 0. The van der Waals surface area contributed by atoms with Gasteiger partial charge in [-0.3, -0.25) is 5.32 Å². The van der Waals surface area contributed by atoms with Crippen molar-refractivity contribution in [1.29, 1.82) is 0 Å². The van der Waals surface area contributed by atoms with Crippen LogP contribution in [-0.4, -0.2) is 17.9 Å². The van der Waals surface area contributed by atoms with Crippen molar-refractivity contribution in [2.24, 2.45) is 0 Å². The maximum Gasteiger partial charge on any atom is 0.102 e. The number of aliphatic hydroxyl groups excluding tert-OH is 1. The van der Waals surface area contributed by atoms with Crippen LogP contribution in [0.2, 0.25) is 0 Å². The zero-order valence-corrected chi connectivity index (χ0v) is 12.4. The van der Waals surface area contributed by atoms with Crippen molar-refractivity contribution in [3.63, 3.8) is 0 Å². The first-order chi connectivity index (χ1) is 5.18. The Bertz CT molecular complexity index is 43.5. The standard InChI is InChI=1S/C4H11NO.C3H8.C2H6.Y/c1-3-5-4(2)6;1-3-2;1-2;/h4-6H,3H2,1-2H3;3H2,1-2H3;1-2H3;/t4-;;;/m1.../s1. The summed E-state index contributed by atoms with van der Waals surface area (Å²) in [6, 6.07) is 0. The van der Waals surface area contributed by atoms with Gasteiger partial charge in [0.1, 0.15) is 6.23 Å². The Morgan fingerprint density at radius 1 is 1.17 bits per heavy atom. The van der Waals surface area contributed by atoms with Crippen LogP contribution in [0.15, 0.2) is 0 Å². The van der Waals surface area contributed by atoms with Gasteiger partial charge in [0.15, 0.2) is 0 Å². The summed E-state index contributed by atoms with van der Waals surface area (Å²) in [6.45, 7) is 12.7. The number of aliphatic hydroxyl groups is 1. The second kappa shape index (κ2) is 29.6. The van der Waals surface area contributed by atoms with E-state index in [4.69, 9.17) is 5.11 Å². The van der Waals surface area contributed by atoms with Crippen LogP contribution in [0.1, 0.15) is 48.0 Å². The predicted molar refractivity (Wildman–Crippen MR) is 52.7 cm³/mol. The van der Waals surface area contributed by atoms with E-state index in [2.05, 4.69) is 19.2 Å². The first-order valence-corrected chi connectivity index (χ1v) is 4.60. The van der Waals surface area contributed by atoms with Gasteiger partial charge in [-0.05, 0) is 13.5 Å². The molecule has 0 spiro atoms. The van der Waals surface area contributed by atoms with Crippen LogP contribution in [0.5, 0.6) is 0 Å². The Labute approximate surface area is 103 Å². The van der Waals surface area contributed by atoms with E-state index in [0.717, 1.165) is 6.54 Å². The molecule has 0 aliphatic rings. The molecular formula is C9H25NOY. The van der Waals surface area contributed by atoms with Crippen molar-refractivity contribution in [1.82, 2.24) is 5.32 Å². The van der Waals surface area contributed by atoms with Crippen molar-refractivity contribution in [3.8, 4) is 0 Å². The first kappa shape index (κ1) is 23.1. The summed E-state index contributed by atoms with van der Waals surface area (Å²) in [5.74, 6) is 0. The van der Waals surface area contributed by atoms with Crippen LogP contribution in [0, 0.1) is 0 Å². The van der Waals surface area contributed by atoms with Crippen LogP contribution >= 0.6 is 0 Å². The van der Waals surface area contributed by atoms with Crippen LogP contribution in [0.25, 0.3) is 0 Å². The maximum absolute atomic E-state index is 8.44. The smallest absolute Gasteiger partial charge is 0.102 e. The fraction of sp³-hybridized carbons (Fsp3) is 1.00. The van der Waals surface area contributed by atoms with Gasteiger partial charge in [-0.1, -0.05) is 41.0 Å². The quantitative estimate of drug-likeness (QED) is 0.739. The van der Waals surface area contributed by atoms with Gasteiger partial charge in [0.25, 0.3) is 0 Å². The molecule has 0 aliphatic carbocycles. The van der Waals surface area contributed by atoms with Gasteiger partial charge >= 0.3 is 0 Å². The van der Waals surface area contributed by atoms with Crippen molar-refractivity contribution in [3.05, 3.63) is 0 Å². The molecule has 0 saturated carbocycles. The molecule has 0 rings (SSSR count). The Morgan fingerprint density at radius 2 is 1.42 bits per heavy atom. The Hall–Kier alpha value is 1.02. The van der Waals surface area contributed by atoms with E-state index < -0.39 is 0 Å². The molecule has 2 N–H and O–H groups in total. The van der Waals surface area contributed by atoms with E-state index in [0.29, 0.717) is 0 Å². The van der Waals surface area contributed by atoms with Gasteiger partial charge in [-0.15, -0.1) is 0 Å². The first-order valence-electron chi connectivity index (χ1n) is 4.60. The third kappa shape index (κ3) is 68.4. The molecule has 1 atom stereocenters. The van der Waals surface area contributed by atoms with E-state index in [1.54, 1.807) is 6.92 Å². The average molecular weight is 252 g/mol. The minimum Gasteiger partial charge on any atom is -0.379 e.